The summed E-state index contributed by atoms with van der Waals surface area (Å²) in [4.78, 5) is 15.0. The van der Waals surface area contributed by atoms with Crippen molar-refractivity contribution in [1.82, 2.24) is 14.6 Å². The Morgan fingerprint density at radius 1 is 1.35 bits per heavy atom. The number of aromatic carboxylic acids is 1. The molecule has 3 rings (SSSR count). The van der Waals surface area contributed by atoms with Gasteiger partial charge in [-0.25, -0.2) is 14.3 Å². The van der Waals surface area contributed by atoms with Crippen molar-refractivity contribution in [2.75, 3.05) is 0 Å². The van der Waals surface area contributed by atoms with E-state index in [9.17, 15) is 4.79 Å². The Balaban J connectivity index is 2.09. The molecule has 0 spiro atoms. The van der Waals surface area contributed by atoms with Gasteiger partial charge in [-0.05, 0) is 25.0 Å². The quantitative estimate of drug-likeness (QED) is 0.859. The largest absolute Gasteiger partial charge is 0.476 e. The van der Waals surface area contributed by atoms with Crippen LogP contribution < -0.4 is 0 Å². The lowest BCUT2D eigenvalue weighted by Crippen LogP contribution is -2.07. The third-order valence-corrected chi connectivity index (χ3v) is 3.38. The molecule has 0 radical (unpaired) electrons. The topological polar surface area (TPSA) is 67.5 Å². The summed E-state index contributed by atoms with van der Waals surface area (Å²) in [6.45, 7) is 0. The van der Waals surface area contributed by atoms with E-state index in [-0.39, 0.29) is 5.69 Å². The molecule has 88 valence electrons. The average molecular weight is 231 g/mol. The van der Waals surface area contributed by atoms with Crippen molar-refractivity contribution in [1.29, 1.82) is 0 Å². The van der Waals surface area contributed by atoms with Crippen LogP contribution in [0.3, 0.4) is 0 Å². The molecule has 1 fully saturated rings. The van der Waals surface area contributed by atoms with E-state index < -0.39 is 5.97 Å². The predicted octanol–water partition coefficient (Wildman–Crippen LogP) is 2.09. The summed E-state index contributed by atoms with van der Waals surface area (Å²) in [5, 5.41) is 13.4. The van der Waals surface area contributed by atoms with Gasteiger partial charge in [-0.3, -0.25) is 0 Å². The van der Waals surface area contributed by atoms with Crippen LogP contribution in [-0.4, -0.2) is 25.7 Å². The number of carbonyl (C=O) groups is 1. The predicted molar refractivity (Wildman–Crippen MR) is 61.2 cm³/mol. The molecule has 5 nitrogen and oxygen atoms in total. The maximum absolute atomic E-state index is 11.0. The highest BCUT2D eigenvalue weighted by Crippen LogP contribution is 2.32. The number of carboxylic acids is 1. The zero-order chi connectivity index (χ0) is 11.8. The first kappa shape index (κ1) is 10.3. The molecule has 1 saturated carbocycles. The fourth-order valence-corrected chi connectivity index (χ4v) is 2.47. The molecule has 0 aliphatic heterocycles. The monoisotopic (exact) mass is 231 g/mol. The number of hydrogen-bond donors (Lipinski definition) is 1. The lowest BCUT2D eigenvalue weighted by molar-refractivity contribution is 0.0688. The van der Waals surface area contributed by atoms with Gasteiger partial charge >= 0.3 is 5.97 Å². The number of imidazole rings is 1. The van der Waals surface area contributed by atoms with E-state index in [1.807, 2.05) is 12.1 Å². The molecule has 2 aromatic heterocycles. The fourth-order valence-electron chi connectivity index (χ4n) is 2.47. The van der Waals surface area contributed by atoms with Crippen LogP contribution in [-0.2, 0) is 0 Å². The normalized spacial score (nSPS) is 16.7. The molecule has 1 N–H and O–H groups in total. The Hall–Kier alpha value is -1.91. The van der Waals surface area contributed by atoms with Gasteiger partial charge in [-0.2, -0.15) is 5.10 Å². The van der Waals surface area contributed by atoms with Crippen LogP contribution in [0.4, 0.5) is 0 Å². The summed E-state index contributed by atoms with van der Waals surface area (Å²) in [7, 11) is 0. The molecular weight excluding hydrogens is 218 g/mol. The van der Waals surface area contributed by atoms with Gasteiger partial charge in [0.25, 0.3) is 0 Å². The molecule has 0 saturated heterocycles. The molecular formula is C12H13N3O2. The standard InChI is InChI=1S/C12H13N3O2/c16-12(17)10-7-13-11-6-5-9(14-15(10)11)8-3-1-2-4-8/h5-8H,1-4H2,(H,16,17). The maximum Gasteiger partial charge on any atom is 0.356 e. The van der Waals surface area contributed by atoms with Crippen LogP contribution >= 0.6 is 0 Å². The van der Waals surface area contributed by atoms with E-state index in [0.717, 1.165) is 18.5 Å². The second-order valence-corrected chi connectivity index (χ2v) is 4.46. The molecule has 5 heteroatoms. The summed E-state index contributed by atoms with van der Waals surface area (Å²) in [5.74, 6) is -0.517. The van der Waals surface area contributed by atoms with Gasteiger partial charge in [0.05, 0.1) is 11.9 Å². The van der Waals surface area contributed by atoms with Crippen molar-refractivity contribution in [3.05, 3.63) is 29.7 Å². The number of aromatic nitrogens is 3. The Labute approximate surface area is 98.1 Å². The van der Waals surface area contributed by atoms with E-state index in [0.29, 0.717) is 11.6 Å². The fraction of sp³-hybridized carbons (Fsp3) is 0.417. The van der Waals surface area contributed by atoms with Crippen molar-refractivity contribution in [2.24, 2.45) is 0 Å². The van der Waals surface area contributed by atoms with Gasteiger partial charge < -0.3 is 5.11 Å². The van der Waals surface area contributed by atoms with E-state index >= 15 is 0 Å². The number of nitrogens with zero attached hydrogens (tertiary/aromatic N) is 3. The summed E-state index contributed by atoms with van der Waals surface area (Å²) >= 11 is 0. The third-order valence-electron chi connectivity index (χ3n) is 3.38. The smallest absolute Gasteiger partial charge is 0.356 e. The summed E-state index contributed by atoms with van der Waals surface area (Å²) in [6, 6.07) is 3.80. The van der Waals surface area contributed by atoms with Gasteiger partial charge in [0, 0.05) is 5.92 Å². The highest BCUT2D eigenvalue weighted by Gasteiger charge is 2.20. The Bertz CT molecular complexity index is 570. The number of carboxylic acid groups (broad SMARTS) is 1. The summed E-state index contributed by atoms with van der Waals surface area (Å²) < 4.78 is 1.43. The van der Waals surface area contributed by atoms with E-state index in [2.05, 4.69) is 10.1 Å². The van der Waals surface area contributed by atoms with Crippen molar-refractivity contribution >= 4 is 11.6 Å². The highest BCUT2D eigenvalue weighted by atomic mass is 16.4. The van der Waals surface area contributed by atoms with Crippen LogP contribution in [0.1, 0.15) is 47.8 Å². The lowest BCUT2D eigenvalue weighted by atomic mass is 10.0. The first-order valence-corrected chi connectivity index (χ1v) is 5.83. The molecule has 17 heavy (non-hydrogen) atoms. The van der Waals surface area contributed by atoms with E-state index in [1.54, 1.807) is 0 Å². The Morgan fingerprint density at radius 3 is 2.82 bits per heavy atom. The molecule has 1 aliphatic rings. The molecule has 1 aliphatic carbocycles. The number of fused-ring (bicyclic) bond motifs is 1. The van der Waals surface area contributed by atoms with Crippen molar-refractivity contribution in [2.45, 2.75) is 31.6 Å². The minimum absolute atomic E-state index is 0.125. The zero-order valence-electron chi connectivity index (χ0n) is 9.33. The van der Waals surface area contributed by atoms with Gasteiger partial charge in [0.15, 0.2) is 11.3 Å². The Morgan fingerprint density at radius 2 is 2.12 bits per heavy atom. The average Bonchev–Trinajstić information content (AvgIpc) is 2.97. The van der Waals surface area contributed by atoms with Crippen molar-refractivity contribution < 1.29 is 9.90 Å². The highest BCUT2D eigenvalue weighted by molar-refractivity contribution is 5.86. The molecule has 0 aromatic carbocycles. The van der Waals surface area contributed by atoms with Crippen LogP contribution in [0.5, 0.6) is 0 Å². The Kier molecular flexibility index (Phi) is 2.31. The van der Waals surface area contributed by atoms with Crippen molar-refractivity contribution in [3.8, 4) is 0 Å². The molecule has 0 bridgehead atoms. The minimum Gasteiger partial charge on any atom is -0.476 e. The third kappa shape index (κ3) is 1.67. The SMILES string of the molecule is O=C(O)c1cnc2ccc(C3CCCC3)nn12. The molecule has 2 aromatic rings. The maximum atomic E-state index is 11.0. The van der Waals surface area contributed by atoms with Gasteiger partial charge in [-0.1, -0.05) is 12.8 Å². The van der Waals surface area contributed by atoms with Gasteiger partial charge in [-0.15, -0.1) is 0 Å². The summed E-state index contributed by atoms with van der Waals surface area (Å²) in [5.41, 5.74) is 1.69. The first-order chi connectivity index (χ1) is 8.25. The van der Waals surface area contributed by atoms with Gasteiger partial charge in [0.2, 0.25) is 0 Å². The minimum atomic E-state index is -0.992. The number of hydrogen-bond acceptors (Lipinski definition) is 3. The first-order valence-electron chi connectivity index (χ1n) is 5.83. The second kappa shape index (κ2) is 3.84. The zero-order valence-corrected chi connectivity index (χ0v) is 9.33. The van der Waals surface area contributed by atoms with Crippen LogP contribution in [0.2, 0.25) is 0 Å². The molecule has 0 atom stereocenters. The van der Waals surface area contributed by atoms with E-state index in [1.165, 1.54) is 23.6 Å². The molecule has 0 amide bonds. The van der Waals surface area contributed by atoms with E-state index in [4.69, 9.17) is 5.11 Å². The summed E-state index contributed by atoms with van der Waals surface area (Å²) in [6.07, 6.45) is 6.12. The van der Waals surface area contributed by atoms with Gasteiger partial charge in [0.1, 0.15) is 0 Å². The van der Waals surface area contributed by atoms with Crippen molar-refractivity contribution in [3.63, 3.8) is 0 Å². The van der Waals surface area contributed by atoms with Crippen LogP contribution in [0.25, 0.3) is 5.65 Å². The molecule has 2 heterocycles. The second-order valence-electron chi connectivity index (χ2n) is 4.46. The number of rotatable bonds is 2. The van der Waals surface area contributed by atoms with Crippen LogP contribution in [0, 0.1) is 0 Å². The van der Waals surface area contributed by atoms with Crippen LogP contribution in [0.15, 0.2) is 18.3 Å². The lowest BCUT2D eigenvalue weighted by Gasteiger charge is -2.08. The molecule has 0 unspecified atom stereocenters.